The molecule has 0 radical (unpaired) electrons. The predicted octanol–water partition coefficient (Wildman–Crippen LogP) is 1.70. The summed E-state index contributed by atoms with van der Waals surface area (Å²) in [6.07, 6.45) is 4.85. The third-order valence-corrected chi connectivity index (χ3v) is 2.84. The first kappa shape index (κ1) is 13.9. The third-order valence-electron chi connectivity index (χ3n) is 2.84. The van der Waals surface area contributed by atoms with Gasteiger partial charge in [0.25, 0.3) is 0 Å². The van der Waals surface area contributed by atoms with Crippen LogP contribution in [0.25, 0.3) is 0 Å². The molecule has 3 N–H and O–H groups in total. The van der Waals surface area contributed by atoms with Gasteiger partial charge in [-0.15, -0.1) is 0 Å². The van der Waals surface area contributed by atoms with E-state index in [0.717, 1.165) is 37.2 Å². The second-order valence-corrected chi connectivity index (χ2v) is 4.44. The summed E-state index contributed by atoms with van der Waals surface area (Å²) in [5.41, 5.74) is 6.83. The van der Waals surface area contributed by atoms with Crippen molar-refractivity contribution in [3.63, 3.8) is 0 Å². The van der Waals surface area contributed by atoms with Crippen LogP contribution in [-0.2, 0) is 0 Å². The topological polar surface area (TPSA) is 62.4 Å². The summed E-state index contributed by atoms with van der Waals surface area (Å²) in [4.78, 5) is 6.52. The van der Waals surface area contributed by atoms with E-state index < -0.39 is 0 Å². The zero-order chi connectivity index (χ0) is 12.7. The minimum atomic E-state index is 0.0337. The highest BCUT2D eigenvalue weighted by Gasteiger charge is 2.04. The Kier molecular flexibility index (Phi) is 5.94. The molecule has 0 fully saturated rings. The van der Waals surface area contributed by atoms with Crippen molar-refractivity contribution in [2.24, 2.45) is 5.73 Å². The zero-order valence-corrected chi connectivity index (χ0v) is 10.8. The summed E-state index contributed by atoms with van der Waals surface area (Å²) in [7, 11) is 2.03. The molecule has 4 nitrogen and oxygen atoms in total. The van der Waals surface area contributed by atoms with Crippen molar-refractivity contribution in [1.29, 1.82) is 0 Å². The normalized spacial score (nSPS) is 12.5. The van der Waals surface area contributed by atoms with Gasteiger partial charge in [0, 0.05) is 32.4 Å². The van der Waals surface area contributed by atoms with Crippen molar-refractivity contribution >= 4 is 5.82 Å². The summed E-state index contributed by atoms with van der Waals surface area (Å²) >= 11 is 0. The molecular weight excluding hydrogens is 214 g/mol. The first-order valence-corrected chi connectivity index (χ1v) is 6.18. The van der Waals surface area contributed by atoms with Crippen LogP contribution in [-0.4, -0.2) is 30.3 Å². The maximum absolute atomic E-state index is 8.69. The molecule has 1 rings (SSSR count). The van der Waals surface area contributed by atoms with Crippen LogP contribution >= 0.6 is 0 Å². The molecule has 4 heteroatoms. The van der Waals surface area contributed by atoms with E-state index in [1.165, 1.54) is 0 Å². The van der Waals surface area contributed by atoms with E-state index in [4.69, 9.17) is 10.8 Å². The van der Waals surface area contributed by atoms with E-state index >= 15 is 0 Å². The number of unbranched alkanes of at least 4 members (excludes halogenated alkanes) is 2. The Morgan fingerprint density at radius 3 is 2.65 bits per heavy atom. The molecular formula is C13H23N3O. The molecule has 0 amide bonds. The number of hydrogen-bond acceptors (Lipinski definition) is 4. The first-order valence-electron chi connectivity index (χ1n) is 6.18. The molecule has 17 heavy (non-hydrogen) atoms. The van der Waals surface area contributed by atoms with Gasteiger partial charge in [0.1, 0.15) is 5.82 Å². The monoisotopic (exact) mass is 237 g/mol. The molecule has 0 spiro atoms. The highest BCUT2D eigenvalue weighted by Crippen LogP contribution is 2.14. The van der Waals surface area contributed by atoms with Crippen LogP contribution in [0.3, 0.4) is 0 Å². The molecule has 0 aromatic carbocycles. The van der Waals surface area contributed by atoms with Crippen molar-refractivity contribution < 1.29 is 5.11 Å². The average molecular weight is 237 g/mol. The van der Waals surface area contributed by atoms with Crippen LogP contribution in [0.15, 0.2) is 18.3 Å². The van der Waals surface area contributed by atoms with Gasteiger partial charge in [-0.1, -0.05) is 6.07 Å². The Morgan fingerprint density at radius 1 is 1.35 bits per heavy atom. The first-order chi connectivity index (χ1) is 8.15. The third kappa shape index (κ3) is 4.71. The second-order valence-electron chi connectivity index (χ2n) is 4.44. The Morgan fingerprint density at radius 2 is 2.12 bits per heavy atom. The molecule has 1 atom stereocenters. The number of nitrogens with two attached hydrogens (primary N) is 1. The Labute approximate surface area is 103 Å². The largest absolute Gasteiger partial charge is 0.396 e. The number of aliphatic hydroxyl groups is 1. The molecule has 0 saturated carbocycles. The number of pyridine rings is 1. The van der Waals surface area contributed by atoms with Crippen LogP contribution in [0.4, 0.5) is 5.82 Å². The molecule has 1 heterocycles. The Bertz CT molecular complexity index is 311. The van der Waals surface area contributed by atoms with Crippen LogP contribution in [0, 0.1) is 0 Å². The van der Waals surface area contributed by atoms with E-state index in [1.54, 1.807) is 0 Å². The lowest BCUT2D eigenvalue weighted by Crippen LogP contribution is -2.20. The van der Waals surface area contributed by atoms with Gasteiger partial charge in [-0.25, -0.2) is 4.98 Å². The Balaban J connectivity index is 2.43. The van der Waals surface area contributed by atoms with Crippen molar-refractivity contribution in [2.45, 2.75) is 32.2 Å². The molecule has 96 valence electrons. The lowest BCUT2D eigenvalue weighted by Gasteiger charge is -2.18. The van der Waals surface area contributed by atoms with Gasteiger partial charge < -0.3 is 15.7 Å². The number of hydrogen-bond donors (Lipinski definition) is 2. The highest BCUT2D eigenvalue weighted by atomic mass is 16.2. The van der Waals surface area contributed by atoms with Gasteiger partial charge in [0.05, 0.1) is 0 Å². The smallest absolute Gasteiger partial charge is 0.128 e. The summed E-state index contributed by atoms with van der Waals surface area (Å²) in [5.74, 6) is 0.971. The van der Waals surface area contributed by atoms with Gasteiger partial charge in [0.15, 0.2) is 0 Å². The minimum absolute atomic E-state index is 0.0337. The SMILES string of the molecule is C[C@H](N)c1ccc(N(C)CCCCCO)nc1. The van der Waals surface area contributed by atoms with Crippen molar-refractivity contribution in [1.82, 2.24) is 4.98 Å². The molecule has 0 bridgehead atoms. The molecule has 1 aromatic heterocycles. The van der Waals surface area contributed by atoms with Crippen molar-refractivity contribution in [3.8, 4) is 0 Å². The standard InChI is InChI=1S/C13H23N3O/c1-11(14)12-6-7-13(15-10-12)16(2)8-4-3-5-9-17/h6-7,10-11,17H,3-5,8-9,14H2,1-2H3/t11-/m0/s1. The predicted molar refractivity (Wildman–Crippen MR) is 71.0 cm³/mol. The fourth-order valence-electron chi connectivity index (χ4n) is 1.64. The van der Waals surface area contributed by atoms with Crippen molar-refractivity contribution in [2.75, 3.05) is 25.1 Å². The lowest BCUT2D eigenvalue weighted by molar-refractivity contribution is 0.283. The molecule has 0 aliphatic rings. The Hall–Kier alpha value is -1.13. The number of aliphatic hydroxyl groups excluding tert-OH is 1. The van der Waals surface area contributed by atoms with E-state index in [0.29, 0.717) is 0 Å². The van der Waals surface area contributed by atoms with Gasteiger partial charge in [0.2, 0.25) is 0 Å². The van der Waals surface area contributed by atoms with E-state index in [1.807, 2.05) is 32.3 Å². The fraction of sp³-hybridized carbons (Fsp3) is 0.615. The summed E-state index contributed by atoms with van der Waals surface area (Å²) < 4.78 is 0. The van der Waals surface area contributed by atoms with E-state index in [9.17, 15) is 0 Å². The fourth-order valence-corrected chi connectivity index (χ4v) is 1.64. The summed E-state index contributed by atoms with van der Waals surface area (Å²) in [6, 6.07) is 4.06. The van der Waals surface area contributed by atoms with E-state index in [2.05, 4.69) is 9.88 Å². The van der Waals surface area contributed by atoms with Gasteiger partial charge in [-0.05, 0) is 37.8 Å². The average Bonchev–Trinajstić information content (AvgIpc) is 2.34. The van der Waals surface area contributed by atoms with Crippen LogP contribution in [0.2, 0.25) is 0 Å². The van der Waals surface area contributed by atoms with Crippen molar-refractivity contribution in [3.05, 3.63) is 23.9 Å². The van der Waals surface area contributed by atoms with E-state index in [-0.39, 0.29) is 12.6 Å². The van der Waals surface area contributed by atoms with Gasteiger partial charge in [-0.3, -0.25) is 0 Å². The molecule has 0 aliphatic carbocycles. The number of aromatic nitrogens is 1. The lowest BCUT2D eigenvalue weighted by atomic mass is 10.1. The van der Waals surface area contributed by atoms with Crippen LogP contribution in [0.5, 0.6) is 0 Å². The molecule has 0 saturated heterocycles. The quantitative estimate of drug-likeness (QED) is 0.709. The zero-order valence-electron chi connectivity index (χ0n) is 10.8. The number of anilines is 1. The maximum Gasteiger partial charge on any atom is 0.128 e. The minimum Gasteiger partial charge on any atom is -0.396 e. The second kappa shape index (κ2) is 7.25. The number of nitrogens with zero attached hydrogens (tertiary/aromatic N) is 2. The molecule has 0 aliphatic heterocycles. The van der Waals surface area contributed by atoms with Crippen LogP contribution in [0.1, 0.15) is 37.8 Å². The summed E-state index contributed by atoms with van der Waals surface area (Å²) in [5, 5.41) is 8.69. The highest BCUT2D eigenvalue weighted by molar-refractivity contribution is 5.38. The van der Waals surface area contributed by atoms with Gasteiger partial charge >= 0.3 is 0 Å². The maximum atomic E-state index is 8.69. The molecule has 1 aromatic rings. The van der Waals surface area contributed by atoms with Crippen LogP contribution < -0.4 is 10.6 Å². The number of rotatable bonds is 7. The summed E-state index contributed by atoms with van der Waals surface area (Å²) in [6.45, 7) is 3.20. The molecule has 0 unspecified atom stereocenters. The van der Waals surface area contributed by atoms with Gasteiger partial charge in [-0.2, -0.15) is 0 Å².